The van der Waals surface area contributed by atoms with Crippen LogP contribution in [0.5, 0.6) is 0 Å². The largest absolute Gasteiger partial charge is 0.472 e. The number of carbonyl (C=O) groups is 2. The number of unbranched alkanes of at least 4 members (excludes halogenated alkanes) is 44. The molecule has 0 aliphatic heterocycles. The van der Waals surface area contributed by atoms with E-state index in [1.165, 1.54) is 250 Å². The molecule has 100 heavy (non-hydrogen) atoms. The smallest absolute Gasteiger partial charge is 0.462 e. The van der Waals surface area contributed by atoms with Gasteiger partial charge in [0.15, 0.2) is 6.10 Å². The average molecular weight is 1420 g/mol. The first-order chi connectivity index (χ1) is 49.0. The highest BCUT2D eigenvalue weighted by Crippen LogP contribution is 2.43. The molecule has 0 aromatic heterocycles. The topological polar surface area (TPSA) is 108 Å². The number of allylic oxidation sites excluding steroid dienone is 20. The molecular weight excluding hydrogens is 1250 g/mol. The minimum Gasteiger partial charge on any atom is -0.462 e. The summed E-state index contributed by atoms with van der Waals surface area (Å²) in [7, 11) is 1.48. The van der Waals surface area contributed by atoms with Gasteiger partial charge >= 0.3 is 19.8 Å². The Kier molecular flexibility index (Phi) is 76.7. The fourth-order valence-electron chi connectivity index (χ4n) is 12.1. The van der Waals surface area contributed by atoms with Crippen LogP contribution in [0.1, 0.15) is 386 Å². The van der Waals surface area contributed by atoms with Crippen LogP contribution < -0.4 is 0 Å². The second kappa shape index (κ2) is 79.5. The lowest BCUT2D eigenvalue weighted by Gasteiger charge is -2.24. The zero-order valence-corrected chi connectivity index (χ0v) is 67.1. The molecule has 0 heterocycles. The van der Waals surface area contributed by atoms with Crippen LogP contribution >= 0.6 is 7.82 Å². The molecule has 0 saturated carbocycles. The Hall–Kier alpha value is -3.59. The van der Waals surface area contributed by atoms with E-state index in [2.05, 4.69) is 135 Å². The Morgan fingerprint density at radius 2 is 0.570 bits per heavy atom. The third-order valence-corrected chi connectivity index (χ3v) is 19.5. The summed E-state index contributed by atoms with van der Waals surface area (Å²) >= 11 is 0. The maximum Gasteiger partial charge on any atom is 0.472 e. The van der Waals surface area contributed by atoms with Crippen LogP contribution in [0.4, 0.5) is 0 Å². The molecule has 0 amide bonds. The van der Waals surface area contributed by atoms with E-state index in [0.29, 0.717) is 17.4 Å². The summed E-state index contributed by atoms with van der Waals surface area (Å²) in [6, 6.07) is 0. The minimum atomic E-state index is -4.40. The van der Waals surface area contributed by atoms with E-state index in [-0.39, 0.29) is 32.0 Å². The van der Waals surface area contributed by atoms with E-state index in [1.54, 1.807) is 0 Å². The predicted octanol–water partition coefficient (Wildman–Crippen LogP) is 28.5. The van der Waals surface area contributed by atoms with Crippen molar-refractivity contribution < 1.29 is 42.1 Å². The zero-order chi connectivity index (χ0) is 72.5. The highest BCUT2D eigenvalue weighted by atomic mass is 31.2. The van der Waals surface area contributed by atoms with Crippen molar-refractivity contribution in [3.63, 3.8) is 0 Å². The standard InChI is InChI=1S/C90H160NO8P/c1-6-8-10-12-14-16-18-20-22-24-26-28-30-32-34-36-38-40-42-44-45-47-49-51-53-55-57-59-61-63-65-67-69-71-73-75-77-79-81-83-90(93)99-88(87-98-100(94,95)97-85-84-91(3,4)5)86-96-89(92)82-80-78-76-74-72-70-68-66-64-62-60-58-56-54-52-50-48-46-43-41-39-37-35-33-31-29-27-25-23-21-19-17-15-13-11-9-7-2/h8,10,14,16,20,22,25-28,32,34,38,40,44-45,49,51,55,57,88H,6-7,9,11-13,15,17-19,21,23-24,29-31,33,35-37,39,41-43,46-48,50,52-54,56,58-87H2,1-5H3/p+1/b10-8-,16-14-,22-20-,27-25-,28-26-,34-32-,40-38-,45-44-,51-49-,57-55-. The normalized spacial score (nSPS) is 13.6. The Bertz CT molecular complexity index is 2110. The van der Waals surface area contributed by atoms with E-state index >= 15 is 0 Å². The van der Waals surface area contributed by atoms with Gasteiger partial charge in [0.05, 0.1) is 27.7 Å². The summed E-state index contributed by atoms with van der Waals surface area (Å²) in [5, 5.41) is 0. The number of hydrogen-bond acceptors (Lipinski definition) is 7. The van der Waals surface area contributed by atoms with Crippen LogP contribution in [0.3, 0.4) is 0 Å². The van der Waals surface area contributed by atoms with E-state index in [4.69, 9.17) is 18.5 Å². The van der Waals surface area contributed by atoms with Gasteiger partial charge in [-0.1, -0.05) is 386 Å². The maximum absolute atomic E-state index is 12.9. The van der Waals surface area contributed by atoms with Crippen LogP contribution in [-0.2, 0) is 32.7 Å². The molecule has 9 nitrogen and oxygen atoms in total. The molecule has 2 atom stereocenters. The highest BCUT2D eigenvalue weighted by Gasteiger charge is 2.27. The van der Waals surface area contributed by atoms with E-state index in [1.807, 2.05) is 21.1 Å². The minimum absolute atomic E-state index is 0.0284. The van der Waals surface area contributed by atoms with Gasteiger partial charge in [-0.05, 0) is 109 Å². The molecule has 0 spiro atoms. The quantitative estimate of drug-likeness (QED) is 0.0211. The number of phosphoric acid groups is 1. The van der Waals surface area contributed by atoms with Gasteiger partial charge in [-0.2, -0.15) is 0 Å². The number of quaternary nitrogens is 1. The lowest BCUT2D eigenvalue weighted by atomic mass is 10.0. The van der Waals surface area contributed by atoms with Gasteiger partial charge in [0.1, 0.15) is 19.8 Å². The van der Waals surface area contributed by atoms with E-state index < -0.39 is 26.5 Å². The Morgan fingerprint density at radius 3 is 0.860 bits per heavy atom. The second-order valence-corrected chi connectivity index (χ2v) is 30.9. The number of carbonyl (C=O) groups excluding carboxylic acids is 2. The number of phosphoric ester groups is 1. The average Bonchev–Trinajstić information content (AvgIpc) is 1.07. The van der Waals surface area contributed by atoms with Crippen LogP contribution in [0.2, 0.25) is 0 Å². The van der Waals surface area contributed by atoms with Gasteiger partial charge in [0, 0.05) is 12.8 Å². The Balaban J connectivity index is 3.96. The Morgan fingerprint density at radius 1 is 0.320 bits per heavy atom. The second-order valence-electron chi connectivity index (χ2n) is 29.5. The lowest BCUT2D eigenvalue weighted by Crippen LogP contribution is -2.37. The van der Waals surface area contributed by atoms with Crippen molar-refractivity contribution in [1.82, 2.24) is 0 Å². The lowest BCUT2D eigenvalue weighted by molar-refractivity contribution is -0.870. The number of esters is 2. The SMILES string of the molecule is CC/C=C\C/C=C\C/C=C\C/C=C\C/C=C\C/C=C\C/C=C\C/C=C\C/C=C\CCCCCCCCCCCCCC(=O)OC(COC(=O)CCCCCCCCCCCCCCCCCCCCCCCCCCC/C=C\CCCCCCCCCC)COP(=O)(O)OCC[N+](C)(C)C. The van der Waals surface area contributed by atoms with Crippen LogP contribution in [-0.4, -0.2) is 74.9 Å². The summed E-state index contributed by atoms with van der Waals surface area (Å²) in [5.74, 6) is -0.789. The Labute approximate surface area is 619 Å². The van der Waals surface area contributed by atoms with Gasteiger partial charge < -0.3 is 18.9 Å². The van der Waals surface area contributed by atoms with Crippen molar-refractivity contribution in [2.45, 2.75) is 392 Å². The van der Waals surface area contributed by atoms with Gasteiger partial charge in [0.25, 0.3) is 0 Å². The molecule has 0 rings (SSSR count). The van der Waals surface area contributed by atoms with Crippen LogP contribution in [0.15, 0.2) is 122 Å². The van der Waals surface area contributed by atoms with Gasteiger partial charge in [-0.3, -0.25) is 18.6 Å². The molecule has 0 bridgehead atoms. The number of ether oxygens (including phenoxy) is 2. The van der Waals surface area contributed by atoms with E-state index in [0.717, 1.165) is 103 Å². The van der Waals surface area contributed by atoms with Crippen molar-refractivity contribution >= 4 is 19.8 Å². The maximum atomic E-state index is 12.9. The third-order valence-electron chi connectivity index (χ3n) is 18.5. The van der Waals surface area contributed by atoms with Crippen molar-refractivity contribution in [3.8, 4) is 0 Å². The van der Waals surface area contributed by atoms with Gasteiger partial charge in [-0.25, -0.2) is 4.57 Å². The van der Waals surface area contributed by atoms with Crippen LogP contribution in [0, 0.1) is 0 Å². The van der Waals surface area contributed by atoms with Crippen molar-refractivity contribution in [3.05, 3.63) is 122 Å². The molecular formula is C90H161NO8P+. The fourth-order valence-corrected chi connectivity index (χ4v) is 12.8. The summed E-state index contributed by atoms with van der Waals surface area (Å²) < 4.78 is 34.9. The fraction of sp³-hybridized carbons (Fsp3) is 0.756. The van der Waals surface area contributed by atoms with Gasteiger partial charge in [0.2, 0.25) is 0 Å². The monoisotopic (exact) mass is 1420 g/mol. The summed E-state index contributed by atoms with van der Waals surface area (Å²) in [4.78, 5) is 36.0. The number of nitrogens with zero attached hydrogens (tertiary/aromatic N) is 1. The molecule has 0 fully saturated rings. The predicted molar refractivity (Wildman–Crippen MR) is 436 cm³/mol. The van der Waals surface area contributed by atoms with Crippen molar-refractivity contribution in [2.24, 2.45) is 0 Å². The number of likely N-dealkylation sites (N-methyl/N-ethyl adjacent to an activating group) is 1. The third kappa shape index (κ3) is 83.4. The first-order valence-corrected chi connectivity index (χ1v) is 43.8. The molecule has 2 unspecified atom stereocenters. The number of rotatable bonds is 78. The first kappa shape index (κ1) is 96.4. The van der Waals surface area contributed by atoms with Crippen molar-refractivity contribution in [2.75, 3.05) is 47.5 Å². The first-order valence-electron chi connectivity index (χ1n) is 42.3. The summed E-state index contributed by atoms with van der Waals surface area (Å²) in [6.07, 6.45) is 115. The molecule has 0 saturated heterocycles. The molecule has 578 valence electrons. The van der Waals surface area contributed by atoms with E-state index in [9.17, 15) is 19.0 Å². The molecule has 0 radical (unpaired) electrons. The summed E-state index contributed by atoms with van der Waals surface area (Å²) in [6.45, 7) is 4.36. The number of hydrogen-bond donors (Lipinski definition) is 1. The molecule has 0 aliphatic carbocycles. The van der Waals surface area contributed by atoms with Crippen LogP contribution in [0.25, 0.3) is 0 Å². The molecule has 0 aromatic rings. The van der Waals surface area contributed by atoms with Crippen molar-refractivity contribution in [1.29, 1.82) is 0 Å². The molecule has 0 aromatic carbocycles. The molecule has 1 N–H and O–H groups in total. The highest BCUT2D eigenvalue weighted by molar-refractivity contribution is 7.47. The van der Waals surface area contributed by atoms with Gasteiger partial charge in [-0.15, -0.1) is 0 Å². The summed E-state index contributed by atoms with van der Waals surface area (Å²) in [5.41, 5.74) is 0. The molecule has 0 aliphatic rings. The zero-order valence-electron chi connectivity index (χ0n) is 66.2. The molecule has 10 heteroatoms.